The third kappa shape index (κ3) is 4.17. The Morgan fingerprint density at radius 1 is 0.909 bits per heavy atom. The summed E-state index contributed by atoms with van der Waals surface area (Å²) in [7, 11) is 0.301. The van der Waals surface area contributed by atoms with Gasteiger partial charge in [0.1, 0.15) is 11.5 Å². The highest BCUT2D eigenvalue weighted by Crippen LogP contribution is 2.35. The molecule has 9 heteroatoms. The van der Waals surface area contributed by atoms with Crippen molar-refractivity contribution in [2.24, 2.45) is 7.05 Å². The van der Waals surface area contributed by atoms with E-state index >= 15 is 0 Å². The quantitative estimate of drug-likeness (QED) is 0.491. The number of hydrogen-bond acceptors (Lipinski definition) is 6. The van der Waals surface area contributed by atoms with Gasteiger partial charge in [0.25, 0.3) is 10.0 Å². The molecule has 1 N–H and O–H groups in total. The maximum absolute atomic E-state index is 13.0. The Labute approximate surface area is 193 Å². The van der Waals surface area contributed by atoms with Crippen molar-refractivity contribution in [1.82, 2.24) is 19.4 Å². The first-order valence-corrected chi connectivity index (χ1v) is 12.3. The van der Waals surface area contributed by atoms with Gasteiger partial charge in [-0.05, 0) is 37.4 Å². The van der Waals surface area contributed by atoms with E-state index in [1.807, 2.05) is 36.1 Å². The van der Waals surface area contributed by atoms with Crippen molar-refractivity contribution in [1.29, 1.82) is 0 Å². The molecule has 5 rings (SSSR count). The van der Waals surface area contributed by atoms with Gasteiger partial charge in [-0.1, -0.05) is 18.2 Å². The second-order valence-corrected chi connectivity index (χ2v) is 10.0. The Morgan fingerprint density at radius 3 is 2.36 bits per heavy atom. The molecule has 3 aromatic heterocycles. The van der Waals surface area contributed by atoms with Crippen LogP contribution in [0.1, 0.15) is 0 Å². The minimum Gasteiger partial charge on any atom is -0.354 e. The molecule has 0 unspecified atom stereocenters. The van der Waals surface area contributed by atoms with Crippen LogP contribution in [0, 0.1) is 0 Å². The number of anilines is 2. The molecule has 0 radical (unpaired) electrons. The van der Waals surface area contributed by atoms with E-state index in [0.29, 0.717) is 11.3 Å². The third-order valence-electron chi connectivity index (χ3n) is 6.04. The average Bonchev–Trinajstić information content (AvgIpc) is 3.18. The van der Waals surface area contributed by atoms with Gasteiger partial charge in [0.15, 0.2) is 0 Å². The predicted octanol–water partition coefficient (Wildman–Crippen LogP) is 3.19. The summed E-state index contributed by atoms with van der Waals surface area (Å²) in [6.07, 6.45) is 5.43. The molecule has 0 amide bonds. The molecule has 4 heterocycles. The zero-order valence-corrected chi connectivity index (χ0v) is 19.5. The Kier molecular flexibility index (Phi) is 5.51. The van der Waals surface area contributed by atoms with Gasteiger partial charge in [0, 0.05) is 62.9 Å². The van der Waals surface area contributed by atoms with E-state index in [1.165, 1.54) is 0 Å². The zero-order chi connectivity index (χ0) is 23.0. The topological polar surface area (TPSA) is 83.4 Å². The van der Waals surface area contributed by atoms with Crippen molar-refractivity contribution in [3.8, 4) is 11.1 Å². The minimum atomic E-state index is -3.73. The lowest BCUT2D eigenvalue weighted by molar-refractivity contribution is 0.312. The second kappa shape index (κ2) is 8.49. The van der Waals surface area contributed by atoms with Gasteiger partial charge in [-0.15, -0.1) is 0 Å². The first-order chi connectivity index (χ1) is 15.9. The van der Waals surface area contributed by atoms with E-state index < -0.39 is 10.0 Å². The molecular formula is C24H26N6O2S. The molecule has 0 bridgehead atoms. The fourth-order valence-electron chi connectivity index (χ4n) is 4.18. The van der Waals surface area contributed by atoms with Gasteiger partial charge in [0.05, 0.1) is 16.0 Å². The molecular weight excluding hydrogens is 436 g/mol. The van der Waals surface area contributed by atoms with Crippen LogP contribution < -0.4 is 9.62 Å². The lowest BCUT2D eigenvalue weighted by Crippen LogP contribution is -2.44. The van der Waals surface area contributed by atoms with Crippen LogP contribution in [0.15, 0.2) is 72.0 Å². The number of piperazine rings is 1. The van der Waals surface area contributed by atoms with E-state index in [9.17, 15) is 8.42 Å². The van der Waals surface area contributed by atoms with E-state index in [0.717, 1.165) is 48.5 Å². The fraction of sp³-hybridized carbons (Fsp3) is 0.250. The zero-order valence-electron chi connectivity index (χ0n) is 18.6. The highest BCUT2D eigenvalue weighted by Gasteiger charge is 2.20. The Bertz CT molecular complexity index is 1380. The van der Waals surface area contributed by atoms with Gasteiger partial charge >= 0.3 is 0 Å². The summed E-state index contributed by atoms with van der Waals surface area (Å²) >= 11 is 0. The first-order valence-electron chi connectivity index (χ1n) is 10.8. The summed E-state index contributed by atoms with van der Waals surface area (Å²) in [6.45, 7) is 3.94. The summed E-state index contributed by atoms with van der Waals surface area (Å²) in [5.74, 6) is 0.954. The maximum Gasteiger partial charge on any atom is 0.261 e. The number of sulfonamides is 1. The number of hydrogen-bond donors (Lipinski definition) is 1. The molecule has 0 atom stereocenters. The highest BCUT2D eigenvalue weighted by atomic mass is 32.2. The van der Waals surface area contributed by atoms with Crippen molar-refractivity contribution in [2.75, 3.05) is 42.8 Å². The molecule has 4 aromatic rings. The SMILES string of the molecule is CN1CCN(c2ccc(-c3cn(C)c4nccc(NS(=O)(=O)c5ccccc5)c34)cn2)CC1. The van der Waals surface area contributed by atoms with Gasteiger partial charge in [0.2, 0.25) is 0 Å². The number of benzene rings is 1. The van der Waals surface area contributed by atoms with Crippen LogP contribution in [0.5, 0.6) is 0 Å². The van der Waals surface area contributed by atoms with Gasteiger partial charge in [-0.2, -0.15) is 0 Å². The van der Waals surface area contributed by atoms with E-state index in [-0.39, 0.29) is 4.90 Å². The molecule has 0 aliphatic carbocycles. The van der Waals surface area contributed by atoms with Crippen molar-refractivity contribution in [3.05, 3.63) is 67.1 Å². The number of rotatable bonds is 5. The predicted molar refractivity (Wildman–Crippen MR) is 131 cm³/mol. The lowest BCUT2D eigenvalue weighted by atomic mass is 10.1. The molecule has 0 saturated carbocycles. The van der Waals surface area contributed by atoms with Crippen molar-refractivity contribution in [2.45, 2.75) is 4.90 Å². The number of likely N-dealkylation sites (N-methyl/N-ethyl adjacent to an activating group) is 1. The smallest absolute Gasteiger partial charge is 0.261 e. The summed E-state index contributed by atoms with van der Waals surface area (Å²) in [5.41, 5.74) is 2.97. The molecule has 1 aliphatic heterocycles. The van der Waals surface area contributed by atoms with E-state index in [1.54, 1.807) is 42.6 Å². The van der Waals surface area contributed by atoms with Crippen molar-refractivity contribution < 1.29 is 8.42 Å². The molecule has 0 spiro atoms. The summed E-state index contributed by atoms with van der Waals surface area (Å²) in [6, 6.07) is 14.1. The van der Waals surface area contributed by atoms with Crippen LogP contribution >= 0.6 is 0 Å². The fourth-order valence-corrected chi connectivity index (χ4v) is 5.27. The summed E-state index contributed by atoms with van der Waals surface area (Å²) in [5, 5.41) is 0.744. The lowest BCUT2D eigenvalue weighted by Gasteiger charge is -2.33. The third-order valence-corrected chi connectivity index (χ3v) is 7.42. The van der Waals surface area contributed by atoms with Crippen LogP contribution in [0.4, 0.5) is 11.5 Å². The summed E-state index contributed by atoms with van der Waals surface area (Å²) < 4.78 is 30.6. The standard InChI is InChI=1S/C24H26N6O2S/c1-28-12-14-30(15-13-28)22-9-8-18(16-26-22)20-17-29(2)24-23(20)21(10-11-25-24)27-33(31,32)19-6-4-3-5-7-19/h3-11,16-17H,12-15H2,1-2H3,(H,25,27). The molecule has 8 nitrogen and oxygen atoms in total. The monoisotopic (exact) mass is 462 g/mol. The first kappa shape index (κ1) is 21.4. The Hall–Kier alpha value is -3.43. The molecule has 1 aliphatic rings. The largest absolute Gasteiger partial charge is 0.354 e. The molecule has 1 saturated heterocycles. The van der Waals surface area contributed by atoms with Crippen LogP contribution in [-0.4, -0.2) is 61.1 Å². The molecule has 1 aromatic carbocycles. The number of nitrogens with zero attached hydrogens (tertiary/aromatic N) is 5. The van der Waals surface area contributed by atoms with Gasteiger partial charge in [-0.25, -0.2) is 18.4 Å². The molecule has 1 fully saturated rings. The highest BCUT2D eigenvalue weighted by molar-refractivity contribution is 7.92. The average molecular weight is 463 g/mol. The minimum absolute atomic E-state index is 0.214. The van der Waals surface area contributed by atoms with Crippen LogP contribution in [0.3, 0.4) is 0 Å². The van der Waals surface area contributed by atoms with Gasteiger partial charge in [-0.3, -0.25) is 4.72 Å². The Balaban J connectivity index is 1.52. The summed E-state index contributed by atoms with van der Waals surface area (Å²) in [4.78, 5) is 14.0. The number of pyridine rings is 2. The number of aromatic nitrogens is 3. The van der Waals surface area contributed by atoms with E-state index in [2.05, 4.69) is 26.6 Å². The molecule has 170 valence electrons. The number of aryl methyl sites for hydroxylation is 1. The Morgan fingerprint density at radius 2 is 1.67 bits per heavy atom. The normalized spacial score (nSPS) is 15.2. The molecule has 33 heavy (non-hydrogen) atoms. The maximum atomic E-state index is 13.0. The second-order valence-electron chi connectivity index (χ2n) is 8.32. The number of fused-ring (bicyclic) bond motifs is 1. The van der Waals surface area contributed by atoms with E-state index in [4.69, 9.17) is 4.98 Å². The van der Waals surface area contributed by atoms with Crippen molar-refractivity contribution in [3.63, 3.8) is 0 Å². The van der Waals surface area contributed by atoms with Crippen molar-refractivity contribution >= 4 is 32.6 Å². The van der Waals surface area contributed by atoms with Gasteiger partial charge < -0.3 is 14.4 Å². The van der Waals surface area contributed by atoms with Crippen LogP contribution in [-0.2, 0) is 17.1 Å². The van der Waals surface area contributed by atoms with Crippen LogP contribution in [0.2, 0.25) is 0 Å². The number of nitrogens with one attached hydrogen (secondary N) is 1. The van der Waals surface area contributed by atoms with Crippen LogP contribution in [0.25, 0.3) is 22.2 Å².